The molecule has 1 amide bonds. The van der Waals surface area contributed by atoms with Gasteiger partial charge in [0, 0.05) is 5.56 Å². The van der Waals surface area contributed by atoms with E-state index in [1.165, 1.54) is 11.3 Å². The average Bonchev–Trinajstić information content (AvgIpc) is 3.22. The van der Waals surface area contributed by atoms with Crippen LogP contribution in [-0.2, 0) is 13.2 Å². The Balaban J connectivity index is 1.54. The van der Waals surface area contributed by atoms with E-state index in [0.29, 0.717) is 18.0 Å². The van der Waals surface area contributed by atoms with Crippen LogP contribution in [0.1, 0.15) is 26.6 Å². The van der Waals surface area contributed by atoms with Crippen LogP contribution < -0.4 is 10.1 Å². The third-order valence-corrected chi connectivity index (χ3v) is 4.25. The molecule has 0 unspecified atom stereocenters. The van der Waals surface area contributed by atoms with Gasteiger partial charge in [-0.3, -0.25) is 4.79 Å². The Kier molecular flexibility index (Phi) is 4.78. The summed E-state index contributed by atoms with van der Waals surface area (Å²) in [5, 5.41) is 4.77. The highest BCUT2D eigenvalue weighted by molar-refractivity contribution is 7.12. The van der Waals surface area contributed by atoms with Crippen molar-refractivity contribution >= 4 is 17.2 Å². The van der Waals surface area contributed by atoms with Gasteiger partial charge in [-0.1, -0.05) is 12.1 Å². The van der Waals surface area contributed by atoms with Gasteiger partial charge >= 0.3 is 0 Å². The van der Waals surface area contributed by atoms with Crippen LogP contribution in [0.4, 0.5) is 0 Å². The zero-order valence-electron chi connectivity index (χ0n) is 12.7. The SMILES string of the molecule is Cc1cccc(OCc2csc(C(=O)NCc3ccco3)c2)c1. The third kappa shape index (κ3) is 4.23. The highest BCUT2D eigenvalue weighted by Crippen LogP contribution is 2.18. The fraction of sp³-hybridized carbons (Fsp3) is 0.167. The van der Waals surface area contributed by atoms with E-state index in [2.05, 4.69) is 5.32 Å². The van der Waals surface area contributed by atoms with Crippen molar-refractivity contribution in [1.29, 1.82) is 0 Å². The number of rotatable bonds is 6. The minimum absolute atomic E-state index is 0.104. The molecule has 0 aliphatic rings. The molecule has 1 aromatic carbocycles. The van der Waals surface area contributed by atoms with E-state index in [4.69, 9.17) is 9.15 Å². The zero-order chi connectivity index (χ0) is 16.1. The normalized spacial score (nSPS) is 10.5. The molecule has 0 saturated carbocycles. The molecule has 118 valence electrons. The number of thiophene rings is 1. The van der Waals surface area contributed by atoms with Crippen molar-refractivity contribution in [3.05, 3.63) is 75.9 Å². The van der Waals surface area contributed by atoms with E-state index in [1.807, 2.05) is 48.7 Å². The molecule has 4 nitrogen and oxygen atoms in total. The summed E-state index contributed by atoms with van der Waals surface area (Å²) in [5.41, 5.74) is 2.14. The first-order chi connectivity index (χ1) is 11.2. The molecular weight excluding hydrogens is 310 g/mol. The molecule has 0 spiro atoms. The highest BCUT2D eigenvalue weighted by atomic mass is 32.1. The molecule has 0 aliphatic heterocycles. The monoisotopic (exact) mass is 327 g/mol. The molecule has 2 aromatic heterocycles. The highest BCUT2D eigenvalue weighted by Gasteiger charge is 2.10. The van der Waals surface area contributed by atoms with Crippen molar-refractivity contribution < 1.29 is 13.9 Å². The molecule has 0 fully saturated rings. The van der Waals surface area contributed by atoms with E-state index in [9.17, 15) is 4.79 Å². The van der Waals surface area contributed by atoms with E-state index in [1.54, 1.807) is 12.3 Å². The van der Waals surface area contributed by atoms with Crippen LogP contribution in [0.15, 0.2) is 58.5 Å². The minimum Gasteiger partial charge on any atom is -0.489 e. The van der Waals surface area contributed by atoms with Crippen LogP contribution in [-0.4, -0.2) is 5.91 Å². The smallest absolute Gasteiger partial charge is 0.261 e. The summed E-state index contributed by atoms with van der Waals surface area (Å²) in [6.07, 6.45) is 1.59. The Morgan fingerprint density at radius 1 is 1.26 bits per heavy atom. The Labute approximate surface area is 138 Å². The number of nitrogens with one attached hydrogen (secondary N) is 1. The second-order valence-corrected chi connectivity index (χ2v) is 6.10. The van der Waals surface area contributed by atoms with Gasteiger partial charge in [0.1, 0.15) is 18.1 Å². The number of benzene rings is 1. The Morgan fingerprint density at radius 2 is 2.17 bits per heavy atom. The van der Waals surface area contributed by atoms with Crippen molar-refractivity contribution in [2.75, 3.05) is 0 Å². The molecule has 3 rings (SSSR count). The van der Waals surface area contributed by atoms with Crippen molar-refractivity contribution in [1.82, 2.24) is 5.32 Å². The van der Waals surface area contributed by atoms with E-state index >= 15 is 0 Å². The summed E-state index contributed by atoms with van der Waals surface area (Å²) in [5.74, 6) is 1.46. The van der Waals surface area contributed by atoms with Gasteiger partial charge in [-0.05, 0) is 48.2 Å². The van der Waals surface area contributed by atoms with Crippen molar-refractivity contribution in [2.45, 2.75) is 20.1 Å². The van der Waals surface area contributed by atoms with Crippen LogP contribution in [0.5, 0.6) is 5.75 Å². The number of carbonyl (C=O) groups is 1. The van der Waals surface area contributed by atoms with Gasteiger partial charge in [-0.25, -0.2) is 0 Å². The number of hydrogen-bond acceptors (Lipinski definition) is 4. The number of hydrogen-bond donors (Lipinski definition) is 1. The first-order valence-corrected chi connectivity index (χ1v) is 8.16. The quantitative estimate of drug-likeness (QED) is 0.739. The van der Waals surface area contributed by atoms with Crippen molar-refractivity contribution in [3.8, 4) is 5.75 Å². The van der Waals surface area contributed by atoms with Gasteiger partial charge < -0.3 is 14.5 Å². The Bertz CT molecular complexity index is 777. The van der Waals surface area contributed by atoms with Gasteiger partial charge in [-0.2, -0.15) is 0 Å². The fourth-order valence-corrected chi connectivity index (χ4v) is 2.92. The maximum atomic E-state index is 12.1. The third-order valence-electron chi connectivity index (χ3n) is 3.28. The first kappa shape index (κ1) is 15.4. The molecule has 2 heterocycles. The lowest BCUT2D eigenvalue weighted by Gasteiger charge is -2.05. The maximum Gasteiger partial charge on any atom is 0.261 e. The van der Waals surface area contributed by atoms with Crippen LogP contribution >= 0.6 is 11.3 Å². The van der Waals surface area contributed by atoms with Crippen LogP contribution in [0.2, 0.25) is 0 Å². The van der Waals surface area contributed by atoms with Gasteiger partial charge in [0.25, 0.3) is 5.91 Å². The van der Waals surface area contributed by atoms with Crippen LogP contribution in [0, 0.1) is 6.92 Å². The average molecular weight is 327 g/mol. The molecule has 0 atom stereocenters. The van der Waals surface area contributed by atoms with Crippen molar-refractivity contribution in [3.63, 3.8) is 0 Å². The van der Waals surface area contributed by atoms with E-state index < -0.39 is 0 Å². The largest absolute Gasteiger partial charge is 0.489 e. The molecule has 3 aromatic rings. The number of ether oxygens (including phenoxy) is 1. The summed E-state index contributed by atoms with van der Waals surface area (Å²) in [6.45, 7) is 2.86. The topological polar surface area (TPSA) is 51.5 Å². The zero-order valence-corrected chi connectivity index (χ0v) is 13.6. The van der Waals surface area contributed by atoms with E-state index in [0.717, 1.165) is 22.6 Å². The number of amides is 1. The summed E-state index contributed by atoms with van der Waals surface area (Å²) >= 11 is 1.41. The second kappa shape index (κ2) is 7.15. The number of aryl methyl sites for hydroxylation is 1. The molecule has 0 saturated heterocycles. The van der Waals surface area contributed by atoms with Gasteiger partial charge in [0.2, 0.25) is 0 Å². The summed E-state index contributed by atoms with van der Waals surface area (Å²) in [6, 6.07) is 13.4. The molecule has 0 aliphatic carbocycles. The summed E-state index contributed by atoms with van der Waals surface area (Å²) < 4.78 is 10.9. The molecule has 5 heteroatoms. The number of carbonyl (C=O) groups excluding carboxylic acids is 1. The Morgan fingerprint density at radius 3 is 2.96 bits per heavy atom. The molecule has 1 N–H and O–H groups in total. The van der Waals surface area contributed by atoms with Gasteiger partial charge in [0.05, 0.1) is 17.7 Å². The standard InChI is InChI=1S/C18H17NO3S/c1-13-4-2-5-15(8-13)22-11-14-9-17(23-12-14)18(20)19-10-16-6-3-7-21-16/h2-9,12H,10-11H2,1H3,(H,19,20). The van der Waals surface area contributed by atoms with Crippen LogP contribution in [0.3, 0.4) is 0 Å². The van der Waals surface area contributed by atoms with Crippen molar-refractivity contribution in [2.24, 2.45) is 0 Å². The van der Waals surface area contributed by atoms with Gasteiger partial charge in [-0.15, -0.1) is 11.3 Å². The molecular formula is C18H17NO3S. The summed E-state index contributed by atoms with van der Waals surface area (Å²) in [4.78, 5) is 12.8. The maximum absolute atomic E-state index is 12.1. The molecule has 23 heavy (non-hydrogen) atoms. The number of furan rings is 1. The summed E-state index contributed by atoms with van der Waals surface area (Å²) in [7, 11) is 0. The van der Waals surface area contributed by atoms with E-state index in [-0.39, 0.29) is 5.91 Å². The molecule has 0 bridgehead atoms. The Hall–Kier alpha value is -2.53. The van der Waals surface area contributed by atoms with Crippen LogP contribution in [0.25, 0.3) is 0 Å². The fourth-order valence-electron chi connectivity index (χ4n) is 2.11. The lowest BCUT2D eigenvalue weighted by Crippen LogP contribution is -2.21. The lowest BCUT2D eigenvalue weighted by molar-refractivity contribution is 0.0952. The predicted molar refractivity (Wildman–Crippen MR) is 89.7 cm³/mol. The molecule has 0 radical (unpaired) electrons. The minimum atomic E-state index is -0.104. The predicted octanol–water partition coefficient (Wildman–Crippen LogP) is 4.16. The first-order valence-electron chi connectivity index (χ1n) is 7.28. The van der Waals surface area contributed by atoms with Gasteiger partial charge in [0.15, 0.2) is 0 Å². The second-order valence-electron chi connectivity index (χ2n) is 5.19. The lowest BCUT2D eigenvalue weighted by atomic mass is 10.2.